The van der Waals surface area contributed by atoms with E-state index in [-0.39, 0.29) is 0 Å². The predicted octanol–water partition coefficient (Wildman–Crippen LogP) is 4.27. The minimum Gasteiger partial charge on any atom is -0.489 e. The summed E-state index contributed by atoms with van der Waals surface area (Å²) >= 11 is 12.3. The summed E-state index contributed by atoms with van der Waals surface area (Å²) in [6, 6.07) is 13.5. The van der Waals surface area contributed by atoms with E-state index in [1.54, 1.807) is 0 Å². The van der Waals surface area contributed by atoms with Gasteiger partial charge in [0.2, 0.25) is 0 Å². The van der Waals surface area contributed by atoms with Crippen molar-refractivity contribution in [2.75, 3.05) is 20.1 Å². The van der Waals surface area contributed by atoms with E-state index >= 15 is 0 Å². The third-order valence-corrected chi connectivity index (χ3v) is 4.19. The summed E-state index contributed by atoms with van der Waals surface area (Å²) in [6.45, 7) is 3.26. The van der Waals surface area contributed by atoms with Gasteiger partial charge in [0.05, 0.1) is 0 Å². The predicted molar refractivity (Wildman–Crippen MR) is 97.5 cm³/mol. The first kappa shape index (κ1) is 18.1. The van der Waals surface area contributed by atoms with Gasteiger partial charge < -0.3 is 15.4 Å². The number of halogens is 2. The lowest BCUT2D eigenvalue weighted by Gasteiger charge is -2.10. The zero-order valence-electron chi connectivity index (χ0n) is 13.2. The molecule has 0 aliphatic heterocycles. The fourth-order valence-electron chi connectivity index (χ4n) is 2.15. The van der Waals surface area contributed by atoms with Gasteiger partial charge in [-0.15, -0.1) is 0 Å². The van der Waals surface area contributed by atoms with Crippen LogP contribution in [-0.4, -0.2) is 20.1 Å². The molecule has 0 spiro atoms. The van der Waals surface area contributed by atoms with Gasteiger partial charge in [-0.2, -0.15) is 0 Å². The molecule has 23 heavy (non-hydrogen) atoms. The second kappa shape index (κ2) is 9.78. The van der Waals surface area contributed by atoms with Gasteiger partial charge in [0, 0.05) is 22.2 Å². The highest BCUT2D eigenvalue weighted by Crippen LogP contribution is 2.25. The molecule has 0 unspecified atom stereocenters. The lowest BCUT2D eigenvalue weighted by atomic mass is 10.2. The molecule has 0 radical (unpaired) electrons. The minimum absolute atomic E-state index is 0.361. The van der Waals surface area contributed by atoms with Crippen LogP contribution in [0.1, 0.15) is 17.5 Å². The number of hydrogen-bond donors (Lipinski definition) is 2. The highest BCUT2D eigenvalue weighted by atomic mass is 35.5. The molecule has 0 heterocycles. The molecule has 0 aliphatic carbocycles. The first-order chi connectivity index (χ1) is 11.2. The van der Waals surface area contributed by atoms with E-state index in [2.05, 4.69) is 22.8 Å². The van der Waals surface area contributed by atoms with E-state index in [1.807, 2.05) is 37.4 Å². The van der Waals surface area contributed by atoms with E-state index in [0.29, 0.717) is 16.7 Å². The fraction of sp³-hybridized carbons (Fsp3) is 0.333. The zero-order chi connectivity index (χ0) is 16.5. The Balaban J connectivity index is 1.81. The van der Waals surface area contributed by atoms with E-state index in [1.165, 1.54) is 5.56 Å². The molecule has 0 fully saturated rings. The molecule has 124 valence electrons. The maximum Gasteiger partial charge on any atom is 0.119 e. The molecule has 0 amide bonds. The number of hydrogen-bond acceptors (Lipinski definition) is 3. The maximum absolute atomic E-state index is 6.14. The zero-order valence-corrected chi connectivity index (χ0v) is 14.8. The van der Waals surface area contributed by atoms with E-state index in [0.717, 1.165) is 37.4 Å². The summed E-state index contributed by atoms with van der Waals surface area (Å²) in [7, 11) is 1.97. The van der Waals surface area contributed by atoms with Crippen molar-refractivity contribution in [1.82, 2.24) is 10.6 Å². The lowest BCUT2D eigenvalue weighted by Crippen LogP contribution is -2.19. The van der Waals surface area contributed by atoms with Gasteiger partial charge in [-0.3, -0.25) is 0 Å². The Morgan fingerprint density at radius 1 is 0.957 bits per heavy atom. The lowest BCUT2D eigenvalue weighted by molar-refractivity contribution is 0.306. The molecular weight excluding hydrogens is 331 g/mol. The summed E-state index contributed by atoms with van der Waals surface area (Å²) in [5.41, 5.74) is 2.05. The Kier molecular flexibility index (Phi) is 7.69. The molecule has 2 aromatic rings. The standard InChI is InChI=1S/C18H22Cl2N2O/c1-21-10-3-11-22-12-14-6-8-15(9-7-14)23-13-16-17(19)4-2-5-18(16)20/h2,4-9,21-22H,3,10-13H2,1H3. The van der Waals surface area contributed by atoms with Crippen molar-refractivity contribution in [2.24, 2.45) is 0 Å². The Bertz CT molecular complexity index is 582. The molecule has 2 rings (SSSR count). The first-order valence-electron chi connectivity index (χ1n) is 7.70. The van der Waals surface area contributed by atoms with E-state index in [4.69, 9.17) is 27.9 Å². The first-order valence-corrected chi connectivity index (χ1v) is 8.46. The van der Waals surface area contributed by atoms with Crippen LogP contribution in [0.25, 0.3) is 0 Å². The monoisotopic (exact) mass is 352 g/mol. The van der Waals surface area contributed by atoms with Crippen LogP contribution < -0.4 is 15.4 Å². The van der Waals surface area contributed by atoms with E-state index < -0.39 is 0 Å². The molecule has 0 bridgehead atoms. The Morgan fingerprint density at radius 2 is 1.65 bits per heavy atom. The van der Waals surface area contributed by atoms with Crippen molar-refractivity contribution in [2.45, 2.75) is 19.6 Å². The summed E-state index contributed by atoms with van der Waals surface area (Å²) in [6.07, 6.45) is 1.12. The van der Waals surface area contributed by atoms with Crippen LogP contribution in [0.15, 0.2) is 42.5 Å². The molecule has 0 saturated carbocycles. The van der Waals surface area contributed by atoms with Crippen molar-refractivity contribution in [3.05, 3.63) is 63.6 Å². The quantitative estimate of drug-likeness (QED) is 0.661. The van der Waals surface area contributed by atoms with Crippen LogP contribution in [-0.2, 0) is 13.2 Å². The van der Waals surface area contributed by atoms with Gasteiger partial charge in [0.15, 0.2) is 0 Å². The Hall–Kier alpha value is -1.26. The number of rotatable bonds is 9. The Morgan fingerprint density at radius 3 is 2.30 bits per heavy atom. The van der Waals surface area contributed by atoms with Crippen LogP contribution in [0.4, 0.5) is 0 Å². The summed E-state index contributed by atoms with van der Waals surface area (Å²) in [5.74, 6) is 0.805. The smallest absolute Gasteiger partial charge is 0.119 e. The molecule has 0 aliphatic rings. The van der Waals surface area contributed by atoms with Gasteiger partial charge in [-0.25, -0.2) is 0 Å². The van der Waals surface area contributed by atoms with Crippen molar-refractivity contribution in [3.8, 4) is 5.75 Å². The molecular formula is C18H22Cl2N2O. The van der Waals surface area contributed by atoms with E-state index in [9.17, 15) is 0 Å². The average Bonchev–Trinajstić information content (AvgIpc) is 2.55. The molecule has 2 aromatic carbocycles. The van der Waals surface area contributed by atoms with Crippen molar-refractivity contribution in [1.29, 1.82) is 0 Å². The third kappa shape index (κ3) is 6.04. The molecule has 5 heteroatoms. The van der Waals surface area contributed by atoms with Gasteiger partial charge in [0.25, 0.3) is 0 Å². The molecule has 0 saturated heterocycles. The molecule has 0 aromatic heterocycles. The number of benzene rings is 2. The molecule has 2 N–H and O–H groups in total. The van der Waals surface area contributed by atoms with Crippen molar-refractivity contribution >= 4 is 23.2 Å². The second-order valence-electron chi connectivity index (χ2n) is 5.27. The third-order valence-electron chi connectivity index (χ3n) is 3.48. The number of nitrogens with one attached hydrogen (secondary N) is 2. The maximum atomic E-state index is 6.14. The summed E-state index contributed by atoms with van der Waals surface area (Å²) < 4.78 is 5.77. The second-order valence-corrected chi connectivity index (χ2v) is 6.08. The van der Waals surface area contributed by atoms with Gasteiger partial charge in [0.1, 0.15) is 12.4 Å². The fourth-order valence-corrected chi connectivity index (χ4v) is 2.66. The molecule has 0 atom stereocenters. The highest BCUT2D eigenvalue weighted by molar-refractivity contribution is 6.35. The summed E-state index contributed by atoms with van der Waals surface area (Å²) in [4.78, 5) is 0. The van der Waals surface area contributed by atoms with Crippen LogP contribution in [0.2, 0.25) is 10.0 Å². The van der Waals surface area contributed by atoms with Crippen LogP contribution >= 0.6 is 23.2 Å². The van der Waals surface area contributed by atoms with Crippen molar-refractivity contribution in [3.63, 3.8) is 0 Å². The largest absolute Gasteiger partial charge is 0.489 e. The van der Waals surface area contributed by atoms with Crippen LogP contribution in [0, 0.1) is 0 Å². The Labute approximate surface area is 147 Å². The topological polar surface area (TPSA) is 33.3 Å². The van der Waals surface area contributed by atoms with Crippen LogP contribution in [0.3, 0.4) is 0 Å². The van der Waals surface area contributed by atoms with Gasteiger partial charge >= 0.3 is 0 Å². The van der Waals surface area contributed by atoms with Gasteiger partial charge in [-0.1, -0.05) is 41.4 Å². The summed E-state index contributed by atoms with van der Waals surface area (Å²) in [5, 5.41) is 7.80. The number of ether oxygens (including phenoxy) is 1. The minimum atomic E-state index is 0.361. The SMILES string of the molecule is CNCCCNCc1ccc(OCc2c(Cl)cccc2Cl)cc1. The highest BCUT2D eigenvalue weighted by Gasteiger charge is 2.06. The van der Waals surface area contributed by atoms with Crippen molar-refractivity contribution < 1.29 is 4.74 Å². The van der Waals surface area contributed by atoms with Gasteiger partial charge in [-0.05, 0) is 56.4 Å². The average molecular weight is 353 g/mol. The normalized spacial score (nSPS) is 10.7. The molecule has 3 nitrogen and oxygen atoms in total. The van der Waals surface area contributed by atoms with Crippen LogP contribution in [0.5, 0.6) is 5.75 Å².